The molecule has 1 aliphatic rings. The second-order valence-electron chi connectivity index (χ2n) is 4.42. The summed E-state index contributed by atoms with van der Waals surface area (Å²) in [5.74, 6) is 0.604. The normalized spacial score (nSPS) is 14.8. The predicted octanol–water partition coefficient (Wildman–Crippen LogP) is 1.76. The van der Waals surface area contributed by atoms with Crippen LogP contribution in [0.2, 0.25) is 5.02 Å². The van der Waals surface area contributed by atoms with Gasteiger partial charge in [-0.2, -0.15) is 5.10 Å². The fraction of sp³-hybridized carbons (Fsp3) is 0.667. The molecule has 0 spiro atoms. The van der Waals surface area contributed by atoms with Crippen molar-refractivity contribution < 1.29 is 4.74 Å². The first-order valence-corrected chi connectivity index (χ1v) is 6.67. The van der Waals surface area contributed by atoms with Crippen LogP contribution in [-0.2, 0) is 11.3 Å². The third kappa shape index (κ3) is 3.46. The van der Waals surface area contributed by atoms with Gasteiger partial charge in [-0.05, 0) is 25.7 Å². The van der Waals surface area contributed by atoms with Gasteiger partial charge in [-0.1, -0.05) is 11.6 Å². The van der Waals surface area contributed by atoms with Crippen LogP contribution in [0.1, 0.15) is 19.8 Å². The minimum Gasteiger partial charge on any atom is -0.380 e. The topological polar surface area (TPSA) is 56.1 Å². The van der Waals surface area contributed by atoms with Crippen LogP contribution in [-0.4, -0.2) is 29.5 Å². The molecule has 0 bridgehead atoms. The molecule has 0 atom stereocenters. The number of anilines is 1. The molecule has 2 rings (SSSR count). The molecule has 0 aromatic carbocycles. The number of halogens is 1. The average molecular weight is 272 g/mol. The molecule has 1 saturated carbocycles. The average Bonchev–Trinajstić information content (AvgIpc) is 3.16. The van der Waals surface area contributed by atoms with Crippen molar-refractivity contribution in [3.05, 3.63) is 21.6 Å². The molecule has 18 heavy (non-hydrogen) atoms. The quantitative estimate of drug-likeness (QED) is 0.768. The molecule has 6 heteroatoms. The van der Waals surface area contributed by atoms with Crippen molar-refractivity contribution >= 4 is 17.3 Å². The molecule has 1 heterocycles. The summed E-state index contributed by atoms with van der Waals surface area (Å²) < 4.78 is 6.70. The van der Waals surface area contributed by atoms with Crippen molar-refractivity contribution in [2.24, 2.45) is 5.92 Å². The van der Waals surface area contributed by atoms with E-state index >= 15 is 0 Å². The zero-order valence-corrected chi connectivity index (χ0v) is 11.2. The number of hydrogen-bond donors (Lipinski definition) is 1. The van der Waals surface area contributed by atoms with Crippen LogP contribution in [0, 0.1) is 5.92 Å². The van der Waals surface area contributed by atoms with E-state index in [0.29, 0.717) is 42.9 Å². The van der Waals surface area contributed by atoms with Crippen molar-refractivity contribution in [2.75, 3.05) is 25.1 Å². The highest BCUT2D eigenvalue weighted by atomic mass is 35.5. The molecule has 0 aliphatic heterocycles. The van der Waals surface area contributed by atoms with E-state index in [1.807, 2.05) is 6.92 Å². The van der Waals surface area contributed by atoms with Crippen molar-refractivity contribution in [3.63, 3.8) is 0 Å². The lowest BCUT2D eigenvalue weighted by Gasteiger charge is -2.10. The largest absolute Gasteiger partial charge is 0.380 e. The van der Waals surface area contributed by atoms with E-state index in [-0.39, 0.29) is 5.56 Å². The summed E-state index contributed by atoms with van der Waals surface area (Å²) in [6.07, 6.45) is 3.89. The van der Waals surface area contributed by atoms with E-state index in [1.165, 1.54) is 23.7 Å². The van der Waals surface area contributed by atoms with E-state index in [0.717, 1.165) is 0 Å². The van der Waals surface area contributed by atoms with Gasteiger partial charge in [0.25, 0.3) is 5.56 Å². The van der Waals surface area contributed by atoms with E-state index < -0.39 is 0 Å². The maximum Gasteiger partial charge on any atom is 0.291 e. The highest BCUT2D eigenvalue weighted by Gasteiger charge is 2.23. The molecule has 100 valence electrons. The highest BCUT2D eigenvalue weighted by Crippen LogP contribution is 2.30. The molecular formula is C12H18ClN3O2. The lowest BCUT2D eigenvalue weighted by molar-refractivity contribution is 0.158. The summed E-state index contributed by atoms with van der Waals surface area (Å²) in [5, 5.41) is 7.45. The van der Waals surface area contributed by atoms with Gasteiger partial charge in [-0.25, -0.2) is 4.68 Å². The third-order valence-electron chi connectivity index (χ3n) is 2.88. The molecule has 0 amide bonds. The second kappa shape index (κ2) is 6.20. The number of ether oxygens (including phenoxy) is 1. The number of nitrogens with zero attached hydrogens (tertiary/aromatic N) is 2. The minimum atomic E-state index is -0.147. The summed E-state index contributed by atoms with van der Waals surface area (Å²) in [4.78, 5) is 12.1. The predicted molar refractivity (Wildman–Crippen MR) is 71.2 cm³/mol. The second-order valence-corrected chi connectivity index (χ2v) is 4.83. The van der Waals surface area contributed by atoms with Gasteiger partial charge in [0.15, 0.2) is 0 Å². The first-order valence-electron chi connectivity index (χ1n) is 6.29. The minimum absolute atomic E-state index is 0.147. The van der Waals surface area contributed by atoms with Gasteiger partial charge >= 0.3 is 0 Å². The molecule has 1 aliphatic carbocycles. The van der Waals surface area contributed by atoms with E-state index in [1.54, 1.807) is 0 Å². The van der Waals surface area contributed by atoms with Crippen LogP contribution in [0.15, 0.2) is 11.0 Å². The summed E-state index contributed by atoms with van der Waals surface area (Å²) in [6, 6.07) is 0. The Kier molecular flexibility index (Phi) is 4.60. The molecule has 0 radical (unpaired) electrons. The van der Waals surface area contributed by atoms with E-state index in [9.17, 15) is 4.79 Å². The Morgan fingerprint density at radius 2 is 2.39 bits per heavy atom. The van der Waals surface area contributed by atoms with Crippen molar-refractivity contribution in [1.29, 1.82) is 0 Å². The number of hydrogen-bond acceptors (Lipinski definition) is 4. The van der Waals surface area contributed by atoms with Crippen LogP contribution < -0.4 is 10.9 Å². The summed E-state index contributed by atoms with van der Waals surface area (Å²) >= 11 is 5.99. The molecular weight excluding hydrogens is 254 g/mol. The molecule has 0 unspecified atom stereocenters. The Morgan fingerprint density at radius 3 is 3.06 bits per heavy atom. The van der Waals surface area contributed by atoms with E-state index in [4.69, 9.17) is 16.3 Å². The monoisotopic (exact) mass is 271 g/mol. The highest BCUT2D eigenvalue weighted by molar-refractivity contribution is 6.32. The van der Waals surface area contributed by atoms with Gasteiger partial charge in [0, 0.05) is 19.7 Å². The Labute approximate surface area is 111 Å². The molecule has 1 aromatic heterocycles. The molecule has 5 nitrogen and oxygen atoms in total. The fourth-order valence-electron chi connectivity index (χ4n) is 1.70. The standard InChI is InChI=1S/C12H18ClN3O2/c1-2-18-6-5-14-11-10(13)7-15-16(12(11)17)8-9-3-4-9/h7,9,14H,2-6,8H2,1H3. The molecule has 1 fully saturated rings. The number of rotatable bonds is 7. The van der Waals surface area contributed by atoms with Crippen LogP contribution >= 0.6 is 11.6 Å². The first kappa shape index (κ1) is 13.4. The van der Waals surface area contributed by atoms with Gasteiger partial charge in [0.05, 0.1) is 17.8 Å². The van der Waals surface area contributed by atoms with Gasteiger partial charge in [-0.3, -0.25) is 4.79 Å². The van der Waals surface area contributed by atoms with Crippen molar-refractivity contribution in [3.8, 4) is 0 Å². The first-order chi connectivity index (χ1) is 8.72. The third-order valence-corrected chi connectivity index (χ3v) is 3.16. The van der Waals surface area contributed by atoms with Crippen LogP contribution in [0.25, 0.3) is 0 Å². The zero-order chi connectivity index (χ0) is 13.0. The zero-order valence-electron chi connectivity index (χ0n) is 10.5. The van der Waals surface area contributed by atoms with Gasteiger partial charge in [0.2, 0.25) is 0 Å². The van der Waals surface area contributed by atoms with Crippen molar-refractivity contribution in [2.45, 2.75) is 26.3 Å². The van der Waals surface area contributed by atoms with Crippen LogP contribution in [0.4, 0.5) is 5.69 Å². The summed E-state index contributed by atoms with van der Waals surface area (Å²) in [6.45, 7) is 4.41. The smallest absolute Gasteiger partial charge is 0.291 e. The summed E-state index contributed by atoms with van der Waals surface area (Å²) in [5.41, 5.74) is 0.276. The Hall–Kier alpha value is -1.07. The SMILES string of the molecule is CCOCCNc1c(Cl)cnn(CC2CC2)c1=O. The lowest BCUT2D eigenvalue weighted by Crippen LogP contribution is -2.27. The maximum absolute atomic E-state index is 12.1. The maximum atomic E-state index is 12.1. The Bertz CT molecular complexity index is 457. The fourth-order valence-corrected chi connectivity index (χ4v) is 1.89. The van der Waals surface area contributed by atoms with Crippen LogP contribution in [0.3, 0.4) is 0 Å². The summed E-state index contributed by atoms with van der Waals surface area (Å²) in [7, 11) is 0. The number of nitrogens with one attached hydrogen (secondary N) is 1. The van der Waals surface area contributed by atoms with E-state index in [2.05, 4.69) is 10.4 Å². The van der Waals surface area contributed by atoms with Gasteiger partial charge in [0.1, 0.15) is 5.69 Å². The molecule has 1 N–H and O–H groups in total. The molecule has 1 aromatic rings. The lowest BCUT2D eigenvalue weighted by atomic mass is 10.4. The van der Waals surface area contributed by atoms with Crippen molar-refractivity contribution in [1.82, 2.24) is 9.78 Å². The number of aromatic nitrogens is 2. The van der Waals surface area contributed by atoms with Gasteiger partial charge in [-0.15, -0.1) is 0 Å². The Morgan fingerprint density at radius 1 is 1.61 bits per heavy atom. The Balaban J connectivity index is 2.04. The van der Waals surface area contributed by atoms with Crippen LogP contribution in [0.5, 0.6) is 0 Å². The molecule has 0 saturated heterocycles. The van der Waals surface area contributed by atoms with Gasteiger partial charge < -0.3 is 10.1 Å².